The summed E-state index contributed by atoms with van der Waals surface area (Å²) in [6.07, 6.45) is -0.00508. The van der Waals surface area contributed by atoms with Gasteiger partial charge in [-0.2, -0.15) is 18.2 Å². The van der Waals surface area contributed by atoms with Crippen molar-refractivity contribution in [2.45, 2.75) is 25.4 Å². The molecule has 3 heterocycles. The minimum absolute atomic E-state index is 0.0586. The molecule has 1 aliphatic heterocycles. The first-order chi connectivity index (χ1) is 13.3. The van der Waals surface area contributed by atoms with Gasteiger partial charge in [-0.1, -0.05) is 18.3 Å². The largest absolute Gasteiger partial charge is 0.416 e. The minimum Gasteiger partial charge on any atom is -0.342 e. The molecule has 1 aromatic carbocycles. The number of benzene rings is 1. The van der Waals surface area contributed by atoms with Gasteiger partial charge in [-0.05, 0) is 37.5 Å². The van der Waals surface area contributed by atoms with Crippen molar-refractivity contribution in [1.29, 1.82) is 0 Å². The molecule has 4 rings (SSSR count). The molecule has 1 fully saturated rings. The molecule has 0 atom stereocenters. The molecule has 0 amide bonds. The van der Waals surface area contributed by atoms with Crippen molar-refractivity contribution in [2.75, 3.05) is 18.0 Å². The van der Waals surface area contributed by atoms with E-state index in [9.17, 15) is 18.0 Å². The van der Waals surface area contributed by atoms with Crippen molar-refractivity contribution in [3.05, 3.63) is 51.2 Å². The zero-order chi connectivity index (χ0) is 19.9. The Bertz CT molecular complexity index is 1150. The fourth-order valence-electron chi connectivity index (χ4n) is 3.29. The minimum atomic E-state index is -4.48. The molecule has 0 radical (unpaired) electrons. The summed E-state index contributed by atoms with van der Waals surface area (Å²) in [6.45, 7) is 1.60. The lowest BCUT2D eigenvalue weighted by molar-refractivity contribution is -0.137. The third kappa shape index (κ3) is 3.39. The number of hydrogen-bond acceptors (Lipinski definition) is 5. The standard InChI is InChI=1S/C18H16F3N5OS/c19-18(20,21)11-5-4-6-12(9-11)26-10-22-14-13(16(26)28)15(27)24-17(23-14)25-7-2-1-3-8-25/h4-6,9-10H,1-3,7-8H2,(H,23,24,27). The fourth-order valence-corrected chi connectivity index (χ4v) is 3.63. The first-order valence-electron chi connectivity index (χ1n) is 8.79. The molecule has 0 aliphatic carbocycles. The third-order valence-corrected chi connectivity index (χ3v) is 5.12. The molecule has 2 aromatic heterocycles. The van der Waals surface area contributed by atoms with Crippen LogP contribution < -0.4 is 10.5 Å². The summed E-state index contributed by atoms with van der Waals surface area (Å²) in [4.78, 5) is 26.0. The number of hydrogen-bond donors (Lipinski definition) is 1. The van der Waals surface area contributed by atoms with Crippen molar-refractivity contribution in [3.8, 4) is 5.69 Å². The fraction of sp³-hybridized carbons (Fsp3) is 0.333. The second-order valence-electron chi connectivity index (χ2n) is 6.60. The van der Waals surface area contributed by atoms with Crippen LogP contribution in [0.3, 0.4) is 0 Å². The molecule has 0 bridgehead atoms. The summed E-state index contributed by atoms with van der Waals surface area (Å²) in [7, 11) is 0. The Morgan fingerprint density at radius 3 is 2.61 bits per heavy atom. The monoisotopic (exact) mass is 407 g/mol. The van der Waals surface area contributed by atoms with Crippen LogP contribution >= 0.6 is 12.2 Å². The molecule has 1 aliphatic rings. The normalized spacial score (nSPS) is 15.2. The lowest BCUT2D eigenvalue weighted by Crippen LogP contribution is -2.32. The van der Waals surface area contributed by atoms with Gasteiger partial charge >= 0.3 is 6.18 Å². The number of rotatable bonds is 2. The van der Waals surface area contributed by atoms with Crippen molar-refractivity contribution >= 4 is 29.2 Å². The predicted octanol–water partition coefficient (Wildman–Crippen LogP) is 3.85. The van der Waals surface area contributed by atoms with Crippen LogP contribution in [0.5, 0.6) is 0 Å². The maximum absolute atomic E-state index is 13.0. The highest BCUT2D eigenvalue weighted by atomic mass is 32.1. The molecular weight excluding hydrogens is 391 g/mol. The van der Waals surface area contributed by atoms with E-state index in [-0.39, 0.29) is 21.4 Å². The average Bonchev–Trinajstić information content (AvgIpc) is 2.68. The molecule has 0 spiro atoms. The van der Waals surface area contributed by atoms with E-state index < -0.39 is 17.3 Å². The number of anilines is 1. The number of H-pyrrole nitrogens is 1. The lowest BCUT2D eigenvalue weighted by Gasteiger charge is -2.26. The summed E-state index contributed by atoms with van der Waals surface area (Å²) < 4.78 is 40.3. The highest BCUT2D eigenvalue weighted by Gasteiger charge is 2.30. The van der Waals surface area contributed by atoms with Crippen molar-refractivity contribution < 1.29 is 13.2 Å². The Morgan fingerprint density at radius 1 is 1.14 bits per heavy atom. The maximum atomic E-state index is 13.0. The lowest BCUT2D eigenvalue weighted by atomic mass is 10.1. The maximum Gasteiger partial charge on any atom is 0.416 e. The zero-order valence-corrected chi connectivity index (χ0v) is 15.5. The van der Waals surface area contributed by atoms with Gasteiger partial charge in [0, 0.05) is 18.8 Å². The summed E-state index contributed by atoms with van der Waals surface area (Å²) in [5, 5.41) is 0.0793. The van der Waals surface area contributed by atoms with Gasteiger partial charge < -0.3 is 4.90 Å². The molecule has 1 N–H and O–H groups in total. The van der Waals surface area contributed by atoms with E-state index in [1.165, 1.54) is 23.0 Å². The molecular formula is C18H16F3N5OS. The Morgan fingerprint density at radius 2 is 1.89 bits per heavy atom. The van der Waals surface area contributed by atoms with Gasteiger partial charge in [0.2, 0.25) is 5.95 Å². The van der Waals surface area contributed by atoms with Crippen LogP contribution in [0.2, 0.25) is 0 Å². The quantitative estimate of drug-likeness (QED) is 0.654. The first kappa shape index (κ1) is 18.6. The van der Waals surface area contributed by atoms with E-state index in [0.717, 1.165) is 44.5 Å². The van der Waals surface area contributed by atoms with E-state index in [1.807, 2.05) is 4.90 Å². The Kier molecular flexibility index (Phi) is 4.66. The number of piperidine rings is 1. The summed E-state index contributed by atoms with van der Waals surface area (Å²) in [5.74, 6) is 0.441. The molecule has 146 valence electrons. The van der Waals surface area contributed by atoms with Crippen molar-refractivity contribution in [2.24, 2.45) is 0 Å². The number of aromatic amines is 1. The van der Waals surface area contributed by atoms with Gasteiger partial charge in [0.15, 0.2) is 5.65 Å². The van der Waals surface area contributed by atoms with Crippen molar-refractivity contribution in [1.82, 2.24) is 19.5 Å². The van der Waals surface area contributed by atoms with E-state index >= 15 is 0 Å². The molecule has 1 saturated heterocycles. The topological polar surface area (TPSA) is 66.8 Å². The van der Waals surface area contributed by atoms with Crippen LogP contribution in [0.25, 0.3) is 16.7 Å². The van der Waals surface area contributed by atoms with Gasteiger partial charge in [-0.25, -0.2) is 4.98 Å². The van der Waals surface area contributed by atoms with Gasteiger partial charge in [-0.15, -0.1) is 0 Å². The van der Waals surface area contributed by atoms with Gasteiger partial charge in [-0.3, -0.25) is 14.3 Å². The van der Waals surface area contributed by atoms with Crippen LogP contribution in [0.15, 0.2) is 35.4 Å². The third-order valence-electron chi connectivity index (χ3n) is 4.72. The Labute approximate surface area is 162 Å². The summed E-state index contributed by atoms with van der Waals surface area (Å²) in [6, 6.07) is 4.70. The molecule has 3 aromatic rings. The smallest absolute Gasteiger partial charge is 0.342 e. The predicted molar refractivity (Wildman–Crippen MR) is 101 cm³/mol. The Balaban J connectivity index is 1.83. The van der Waals surface area contributed by atoms with E-state index in [2.05, 4.69) is 15.0 Å². The first-order valence-corrected chi connectivity index (χ1v) is 9.20. The van der Waals surface area contributed by atoms with Crippen LogP contribution in [0.1, 0.15) is 24.8 Å². The summed E-state index contributed by atoms with van der Waals surface area (Å²) >= 11 is 5.37. The molecule has 0 saturated carbocycles. The van der Waals surface area contributed by atoms with Crippen molar-refractivity contribution in [3.63, 3.8) is 0 Å². The number of nitrogens with one attached hydrogen (secondary N) is 1. The number of nitrogens with zero attached hydrogens (tertiary/aromatic N) is 4. The van der Waals surface area contributed by atoms with Crippen LogP contribution in [-0.2, 0) is 6.18 Å². The average molecular weight is 407 g/mol. The van der Waals surface area contributed by atoms with Crippen LogP contribution in [0.4, 0.5) is 19.1 Å². The highest BCUT2D eigenvalue weighted by molar-refractivity contribution is 7.71. The number of aromatic nitrogens is 4. The van der Waals surface area contributed by atoms with Gasteiger partial charge in [0.1, 0.15) is 16.4 Å². The molecule has 6 nitrogen and oxygen atoms in total. The van der Waals surface area contributed by atoms with Crippen LogP contribution in [0, 0.1) is 4.64 Å². The SMILES string of the molecule is O=c1[nH]c(N2CCCCC2)nc2ncn(-c3cccc(C(F)(F)F)c3)c(=S)c12. The number of halogens is 3. The highest BCUT2D eigenvalue weighted by Crippen LogP contribution is 2.30. The van der Waals surface area contributed by atoms with Gasteiger partial charge in [0.05, 0.1) is 5.56 Å². The molecule has 10 heteroatoms. The molecule has 28 heavy (non-hydrogen) atoms. The van der Waals surface area contributed by atoms with E-state index in [0.29, 0.717) is 5.95 Å². The Hall–Kier alpha value is -2.75. The second kappa shape index (κ2) is 7.01. The summed E-state index contributed by atoms with van der Waals surface area (Å²) in [5.41, 5.74) is -0.907. The van der Waals surface area contributed by atoms with Crippen LogP contribution in [-0.4, -0.2) is 32.6 Å². The van der Waals surface area contributed by atoms with Gasteiger partial charge in [0.25, 0.3) is 5.56 Å². The van der Waals surface area contributed by atoms with E-state index in [1.54, 1.807) is 0 Å². The number of alkyl halides is 3. The zero-order valence-electron chi connectivity index (χ0n) is 14.7. The second-order valence-corrected chi connectivity index (χ2v) is 6.99. The van der Waals surface area contributed by atoms with E-state index in [4.69, 9.17) is 12.2 Å². The molecule has 0 unspecified atom stereocenters. The number of fused-ring (bicyclic) bond motifs is 1.